The molecular weight excluding hydrogens is 290 g/mol. The summed E-state index contributed by atoms with van der Waals surface area (Å²) in [5.74, 6) is 0.238. The quantitative estimate of drug-likeness (QED) is 0.600. The van der Waals surface area contributed by atoms with Crippen molar-refractivity contribution >= 4 is 17.6 Å². The second kappa shape index (κ2) is 7.64. The van der Waals surface area contributed by atoms with Crippen molar-refractivity contribution in [3.63, 3.8) is 0 Å². The van der Waals surface area contributed by atoms with Gasteiger partial charge in [-0.05, 0) is 30.7 Å². The van der Waals surface area contributed by atoms with Crippen LogP contribution in [-0.2, 0) is 11.3 Å². The summed E-state index contributed by atoms with van der Waals surface area (Å²) in [6, 6.07) is 10.4. The van der Waals surface area contributed by atoms with E-state index in [1.165, 1.54) is 0 Å². The molecular formula is C16H16ClNO3. The molecule has 1 heterocycles. The number of halogens is 1. The van der Waals surface area contributed by atoms with E-state index in [0.717, 1.165) is 6.42 Å². The summed E-state index contributed by atoms with van der Waals surface area (Å²) in [6.07, 6.45) is 2.50. The van der Waals surface area contributed by atoms with E-state index < -0.39 is 5.97 Å². The molecule has 5 heteroatoms. The molecule has 0 aliphatic carbocycles. The number of rotatable bonds is 6. The van der Waals surface area contributed by atoms with Gasteiger partial charge >= 0.3 is 5.97 Å². The third kappa shape index (κ3) is 4.46. The zero-order valence-corrected chi connectivity index (χ0v) is 12.5. The van der Waals surface area contributed by atoms with Crippen LogP contribution in [0.25, 0.3) is 0 Å². The summed E-state index contributed by atoms with van der Waals surface area (Å²) in [6.45, 7) is 2.73. The molecule has 0 saturated carbocycles. The van der Waals surface area contributed by atoms with Crippen LogP contribution in [0, 0.1) is 0 Å². The van der Waals surface area contributed by atoms with Gasteiger partial charge in [-0.1, -0.05) is 30.7 Å². The molecule has 0 fully saturated rings. The first kappa shape index (κ1) is 15.3. The molecule has 0 N–H and O–H groups in total. The Bertz CT molecular complexity index is 616. The molecule has 110 valence electrons. The van der Waals surface area contributed by atoms with E-state index in [0.29, 0.717) is 28.6 Å². The highest BCUT2D eigenvalue weighted by atomic mass is 35.5. The van der Waals surface area contributed by atoms with Gasteiger partial charge in [-0.25, -0.2) is 9.78 Å². The number of hydrogen-bond donors (Lipinski definition) is 0. The van der Waals surface area contributed by atoms with E-state index in [2.05, 4.69) is 4.98 Å². The lowest BCUT2D eigenvalue weighted by Gasteiger charge is -2.08. The van der Waals surface area contributed by atoms with Crippen LogP contribution in [-0.4, -0.2) is 17.6 Å². The van der Waals surface area contributed by atoms with Crippen molar-refractivity contribution in [3.05, 3.63) is 58.9 Å². The Hall–Kier alpha value is -2.07. The molecule has 0 atom stereocenters. The van der Waals surface area contributed by atoms with Crippen molar-refractivity contribution in [2.45, 2.75) is 20.0 Å². The number of carbonyl (C=O) groups is 1. The van der Waals surface area contributed by atoms with Crippen LogP contribution in [0.1, 0.15) is 29.3 Å². The van der Waals surface area contributed by atoms with Gasteiger partial charge in [0.2, 0.25) is 0 Å². The van der Waals surface area contributed by atoms with Crippen LogP contribution in [0.4, 0.5) is 0 Å². The number of ether oxygens (including phenoxy) is 2. The molecule has 1 aromatic heterocycles. The molecule has 0 radical (unpaired) electrons. The van der Waals surface area contributed by atoms with Crippen molar-refractivity contribution in [1.29, 1.82) is 0 Å². The summed E-state index contributed by atoms with van der Waals surface area (Å²) >= 11 is 5.91. The number of aromatic nitrogens is 1. The molecule has 0 amide bonds. The zero-order valence-electron chi connectivity index (χ0n) is 11.7. The van der Waals surface area contributed by atoms with Crippen LogP contribution in [0.2, 0.25) is 5.15 Å². The average molecular weight is 306 g/mol. The van der Waals surface area contributed by atoms with Crippen LogP contribution < -0.4 is 4.74 Å². The number of carbonyl (C=O) groups excluding carboxylic acids is 1. The fourth-order valence-electron chi connectivity index (χ4n) is 1.69. The zero-order chi connectivity index (χ0) is 15.1. The summed E-state index contributed by atoms with van der Waals surface area (Å²) in [7, 11) is 0. The summed E-state index contributed by atoms with van der Waals surface area (Å²) in [5, 5.41) is 0.338. The Morgan fingerprint density at radius 1 is 1.29 bits per heavy atom. The van der Waals surface area contributed by atoms with Crippen LogP contribution in [0.5, 0.6) is 5.75 Å². The molecule has 0 unspecified atom stereocenters. The SMILES string of the molecule is CCCOc1cccc(C(=O)OCc2cccnc2Cl)c1. The second-order valence-electron chi connectivity index (χ2n) is 4.41. The van der Waals surface area contributed by atoms with E-state index in [-0.39, 0.29) is 6.61 Å². The molecule has 0 aliphatic rings. The fraction of sp³-hybridized carbons (Fsp3) is 0.250. The van der Waals surface area contributed by atoms with E-state index in [1.807, 2.05) is 13.0 Å². The number of benzene rings is 1. The van der Waals surface area contributed by atoms with Crippen molar-refractivity contribution in [1.82, 2.24) is 4.98 Å². The third-order valence-corrected chi connectivity index (χ3v) is 3.08. The van der Waals surface area contributed by atoms with E-state index in [4.69, 9.17) is 21.1 Å². The fourth-order valence-corrected chi connectivity index (χ4v) is 1.86. The Kier molecular flexibility index (Phi) is 5.58. The molecule has 0 bridgehead atoms. The Balaban J connectivity index is 1.98. The molecule has 0 aliphatic heterocycles. The first-order valence-corrected chi connectivity index (χ1v) is 7.08. The van der Waals surface area contributed by atoms with Gasteiger partial charge < -0.3 is 9.47 Å². The molecule has 2 rings (SSSR count). The van der Waals surface area contributed by atoms with Gasteiger partial charge in [-0.3, -0.25) is 0 Å². The number of nitrogens with zero attached hydrogens (tertiary/aromatic N) is 1. The predicted molar refractivity (Wildman–Crippen MR) is 80.6 cm³/mol. The van der Waals surface area contributed by atoms with Crippen molar-refractivity contribution in [2.75, 3.05) is 6.61 Å². The van der Waals surface area contributed by atoms with Gasteiger partial charge in [0.15, 0.2) is 0 Å². The first-order chi connectivity index (χ1) is 10.2. The molecule has 0 spiro atoms. The molecule has 21 heavy (non-hydrogen) atoms. The minimum Gasteiger partial charge on any atom is -0.494 e. The lowest BCUT2D eigenvalue weighted by molar-refractivity contribution is 0.0472. The minimum absolute atomic E-state index is 0.0888. The van der Waals surface area contributed by atoms with Crippen LogP contribution in [0.15, 0.2) is 42.6 Å². The second-order valence-corrected chi connectivity index (χ2v) is 4.76. The van der Waals surface area contributed by atoms with Crippen LogP contribution in [0.3, 0.4) is 0 Å². The highest BCUT2D eigenvalue weighted by Crippen LogP contribution is 2.17. The Morgan fingerprint density at radius 3 is 2.90 bits per heavy atom. The lowest BCUT2D eigenvalue weighted by atomic mass is 10.2. The van der Waals surface area contributed by atoms with E-state index in [1.54, 1.807) is 36.5 Å². The lowest BCUT2D eigenvalue weighted by Crippen LogP contribution is -2.06. The van der Waals surface area contributed by atoms with Crippen molar-refractivity contribution < 1.29 is 14.3 Å². The van der Waals surface area contributed by atoms with Gasteiger partial charge in [0.25, 0.3) is 0 Å². The normalized spacial score (nSPS) is 10.2. The maximum Gasteiger partial charge on any atom is 0.338 e. The first-order valence-electron chi connectivity index (χ1n) is 6.70. The van der Waals surface area contributed by atoms with Gasteiger partial charge in [0.05, 0.1) is 12.2 Å². The topological polar surface area (TPSA) is 48.4 Å². The van der Waals surface area contributed by atoms with Gasteiger partial charge in [-0.15, -0.1) is 0 Å². The Labute approximate surface area is 128 Å². The number of hydrogen-bond acceptors (Lipinski definition) is 4. The monoisotopic (exact) mass is 305 g/mol. The summed E-state index contributed by atoms with van der Waals surface area (Å²) in [4.78, 5) is 15.9. The van der Waals surface area contributed by atoms with Crippen LogP contribution >= 0.6 is 11.6 Å². The highest BCUT2D eigenvalue weighted by molar-refractivity contribution is 6.30. The largest absolute Gasteiger partial charge is 0.494 e. The average Bonchev–Trinajstić information content (AvgIpc) is 2.52. The standard InChI is InChI=1S/C16H16ClNO3/c1-2-9-20-14-7-3-5-12(10-14)16(19)21-11-13-6-4-8-18-15(13)17/h3-8,10H,2,9,11H2,1H3. The summed E-state index contributed by atoms with van der Waals surface area (Å²) < 4.78 is 10.7. The molecule has 0 saturated heterocycles. The Morgan fingerprint density at radius 2 is 2.14 bits per heavy atom. The maximum atomic E-state index is 12.0. The maximum absolute atomic E-state index is 12.0. The smallest absolute Gasteiger partial charge is 0.338 e. The van der Waals surface area contributed by atoms with Crippen molar-refractivity contribution in [3.8, 4) is 5.75 Å². The highest BCUT2D eigenvalue weighted by Gasteiger charge is 2.10. The van der Waals surface area contributed by atoms with E-state index in [9.17, 15) is 4.79 Å². The van der Waals surface area contributed by atoms with Gasteiger partial charge in [-0.2, -0.15) is 0 Å². The van der Waals surface area contributed by atoms with Gasteiger partial charge in [0.1, 0.15) is 17.5 Å². The predicted octanol–water partition coefficient (Wildman–Crippen LogP) is 3.88. The number of pyridine rings is 1. The van der Waals surface area contributed by atoms with Gasteiger partial charge in [0, 0.05) is 11.8 Å². The molecule has 1 aromatic carbocycles. The third-order valence-electron chi connectivity index (χ3n) is 2.74. The minimum atomic E-state index is -0.420. The molecule has 2 aromatic rings. The number of esters is 1. The molecule has 4 nitrogen and oxygen atoms in total. The summed E-state index contributed by atoms with van der Waals surface area (Å²) in [5.41, 5.74) is 1.12. The van der Waals surface area contributed by atoms with E-state index >= 15 is 0 Å². The van der Waals surface area contributed by atoms with Crippen molar-refractivity contribution in [2.24, 2.45) is 0 Å².